The molecule has 3 heteroatoms. The fourth-order valence-electron chi connectivity index (χ4n) is 2.24. The summed E-state index contributed by atoms with van der Waals surface area (Å²) in [7, 11) is 0. The molecule has 0 bridgehead atoms. The lowest BCUT2D eigenvalue weighted by Crippen LogP contribution is -2.43. The quantitative estimate of drug-likeness (QED) is 0.807. The van der Waals surface area contributed by atoms with Crippen molar-refractivity contribution >= 4 is 0 Å². The average Bonchev–Trinajstić information content (AvgIpc) is 2.76. The Morgan fingerprint density at radius 2 is 2.06 bits per heavy atom. The van der Waals surface area contributed by atoms with Crippen LogP contribution < -0.4 is 0 Å². The normalized spacial score (nSPS) is 17.7. The van der Waals surface area contributed by atoms with E-state index >= 15 is 0 Å². The third-order valence-electron chi connectivity index (χ3n) is 3.20. The molecule has 1 aromatic carbocycles. The number of hydrogen-bond acceptors (Lipinski definition) is 2. The van der Waals surface area contributed by atoms with Gasteiger partial charge in [-0.25, -0.2) is 4.98 Å². The van der Waals surface area contributed by atoms with Crippen molar-refractivity contribution < 1.29 is 4.74 Å². The summed E-state index contributed by atoms with van der Waals surface area (Å²) in [5.74, 6) is 1.04. The summed E-state index contributed by atoms with van der Waals surface area (Å²) in [6.07, 6.45) is 3.91. The first-order valence-electron chi connectivity index (χ1n) is 5.91. The van der Waals surface area contributed by atoms with E-state index in [4.69, 9.17) is 4.74 Å². The van der Waals surface area contributed by atoms with Gasteiger partial charge in [0, 0.05) is 29.9 Å². The molecule has 0 radical (unpaired) electrons. The van der Waals surface area contributed by atoms with Gasteiger partial charge in [-0.2, -0.15) is 0 Å². The van der Waals surface area contributed by atoms with Crippen molar-refractivity contribution in [1.82, 2.24) is 9.55 Å². The van der Waals surface area contributed by atoms with Crippen LogP contribution in [-0.4, -0.2) is 22.8 Å². The number of aromatic nitrogens is 2. The predicted octanol–water partition coefficient (Wildman–Crippen LogP) is 2.59. The molecule has 88 valence electrons. The molecule has 2 heterocycles. The maximum Gasteiger partial charge on any atom is 0.139 e. The Morgan fingerprint density at radius 1 is 1.29 bits per heavy atom. The minimum Gasteiger partial charge on any atom is -0.380 e. The van der Waals surface area contributed by atoms with E-state index in [0.29, 0.717) is 0 Å². The van der Waals surface area contributed by atoms with E-state index in [2.05, 4.69) is 28.6 Å². The van der Waals surface area contributed by atoms with Crippen LogP contribution in [0.5, 0.6) is 0 Å². The number of hydrogen-bond donors (Lipinski definition) is 0. The smallest absolute Gasteiger partial charge is 0.139 e. The van der Waals surface area contributed by atoms with Crippen LogP contribution in [0.3, 0.4) is 0 Å². The third kappa shape index (κ3) is 1.98. The molecule has 1 aliphatic heterocycles. The SMILES string of the molecule is CC1(Cn2ccnc2-c2ccccc2)COC1. The van der Waals surface area contributed by atoms with Gasteiger partial charge in [-0.3, -0.25) is 0 Å². The minimum absolute atomic E-state index is 0.268. The van der Waals surface area contributed by atoms with Gasteiger partial charge in [0.25, 0.3) is 0 Å². The van der Waals surface area contributed by atoms with Crippen molar-refractivity contribution in [2.75, 3.05) is 13.2 Å². The third-order valence-corrected chi connectivity index (χ3v) is 3.20. The van der Waals surface area contributed by atoms with Crippen molar-refractivity contribution in [3.63, 3.8) is 0 Å². The molecular weight excluding hydrogens is 212 g/mol. The Morgan fingerprint density at radius 3 is 2.71 bits per heavy atom. The standard InChI is InChI=1S/C14H16N2O/c1-14(10-17-11-14)9-16-8-7-15-13(16)12-5-3-2-4-6-12/h2-8H,9-11H2,1H3. The lowest BCUT2D eigenvalue weighted by molar-refractivity contribution is -0.109. The second-order valence-electron chi connectivity index (χ2n) is 5.05. The second-order valence-corrected chi connectivity index (χ2v) is 5.05. The Kier molecular flexibility index (Phi) is 2.48. The van der Waals surface area contributed by atoms with Gasteiger partial charge < -0.3 is 9.30 Å². The van der Waals surface area contributed by atoms with Crippen LogP contribution in [0.4, 0.5) is 0 Å². The van der Waals surface area contributed by atoms with Gasteiger partial charge in [-0.05, 0) is 0 Å². The molecule has 0 unspecified atom stereocenters. The van der Waals surface area contributed by atoms with E-state index in [1.165, 1.54) is 5.56 Å². The first-order valence-corrected chi connectivity index (χ1v) is 5.91. The minimum atomic E-state index is 0.268. The van der Waals surface area contributed by atoms with E-state index in [0.717, 1.165) is 25.6 Å². The zero-order valence-corrected chi connectivity index (χ0v) is 9.97. The highest BCUT2D eigenvalue weighted by Crippen LogP contribution is 2.30. The molecule has 17 heavy (non-hydrogen) atoms. The van der Waals surface area contributed by atoms with Crippen LogP contribution in [0.25, 0.3) is 11.4 Å². The molecule has 0 N–H and O–H groups in total. The monoisotopic (exact) mass is 228 g/mol. The molecule has 3 nitrogen and oxygen atoms in total. The van der Waals surface area contributed by atoms with Crippen LogP contribution >= 0.6 is 0 Å². The van der Waals surface area contributed by atoms with Gasteiger partial charge in [-0.1, -0.05) is 37.3 Å². The first kappa shape index (κ1) is 10.5. The fourth-order valence-corrected chi connectivity index (χ4v) is 2.24. The maximum absolute atomic E-state index is 5.30. The molecule has 0 saturated carbocycles. The topological polar surface area (TPSA) is 27.1 Å². The summed E-state index contributed by atoms with van der Waals surface area (Å²) < 4.78 is 7.52. The number of imidazole rings is 1. The van der Waals surface area contributed by atoms with Crippen LogP contribution in [-0.2, 0) is 11.3 Å². The number of benzene rings is 1. The van der Waals surface area contributed by atoms with Crippen molar-refractivity contribution in [2.24, 2.45) is 5.41 Å². The van der Waals surface area contributed by atoms with E-state index in [1.807, 2.05) is 30.6 Å². The average molecular weight is 228 g/mol. The van der Waals surface area contributed by atoms with Crippen LogP contribution in [0.1, 0.15) is 6.92 Å². The maximum atomic E-state index is 5.30. The molecule has 0 atom stereocenters. The number of nitrogens with zero attached hydrogens (tertiary/aromatic N) is 2. The van der Waals surface area contributed by atoms with Gasteiger partial charge in [0.2, 0.25) is 0 Å². The van der Waals surface area contributed by atoms with E-state index in [-0.39, 0.29) is 5.41 Å². The van der Waals surface area contributed by atoms with Gasteiger partial charge in [0.05, 0.1) is 13.2 Å². The number of rotatable bonds is 3. The second kappa shape index (κ2) is 4.00. The molecule has 1 aromatic heterocycles. The Labute approximate surface area is 101 Å². The van der Waals surface area contributed by atoms with Crippen molar-refractivity contribution in [3.8, 4) is 11.4 Å². The van der Waals surface area contributed by atoms with E-state index < -0.39 is 0 Å². The van der Waals surface area contributed by atoms with Crippen molar-refractivity contribution in [2.45, 2.75) is 13.5 Å². The molecule has 1 aliphatic rings. The van der Waals surface area contributed by atoms with Gasteiger partial charge >= 0.3 is 0 Å². The highest BCUT2D eigenvalue weighted by atomic mass is 16.5. The summed E-state index contributed by atoms with van der Waals surface area (Å²) in [5, 5.41) is 0. The highest BCUT2D eigenvalue weighted by Gasteiger charge is 2.34. The zero-order valence-electron chi connectivity index (χ0n) is 9.97. The lowest BCUT2D eigenvalue weighted by atomic mass is 9.88. The van der Waals surface area contributed by atoms with Gasteiger partial charge in [0.15, 0.2) is 0 Å². The molecule has 1 fully saturated rings. The Balaban J connectivity index is 1.89. The Hall–Kier alpha value is -1.61. The molecular formula is C14H16N2O. The summed E-state index contributed by atoms with van der Waals surface area (Å²) in [6, 6.07) is 10.3. The predicted molar refractivity (Wildman–Crippen MR) is 66.6 cm³/mol. The van der Waals surface area contributed by atoms with E-state index in [9.17, 15) is 0 Å². The number of ether oxygens (including phenoxy) is 1. The summed E-state index contributed by atoms with van der Waals surface area (Å²) in [4.78, 5) is 4.45. The fraction of sp³-hybridized carbons (Fsp3) is 0.357. The largest absolute Gasteiger partial charge is 0.380 e. The summed E-state index contributed by atoms with van der Waals surface area (Å²) in [6.45, 7) is 4.92. The molecule has 3 rings (SSSR count). The lowest BCUT2D eigenvalue weighted by Gasteiger charge is -2.38. The van der Waals surface area contributed by atoms with Gasteiger partial charge in [0.1, 0.15) is 5.82 Å². The van der Waals surface area contributed by atoms with Crippen LogP contribution in [0.2, 0.25) is 0 Å². The Bertz CT molecular complexity index is 500. The molecule has 2 aromatic rings. The molecule has 0 spiro atoms. The summed E-state index contributed by atoms with van der Waals surface area (Å²) >= 11 is 0. The van der Waals surface area contributed by atoms with Gasteiger partial charge in [-0.15, -0.1) is 0 Å². The molecule has 0 amide bonds. The highest BCUT2D eigenvalue weighted by molar-refractivity contribution is 5.55. The van der Waals surface area contributed by atoms with Crippen molar-refractivity contribution in [1.29, 1.82) is 0 Å². The van der Waals surface area contributed by atoms with Crippen molar-refractivity contribution in [3.05, 3.63) is 42.7 Å². The molecule has 0 aliphatic carbocycles. The summed E-state index contributed by atoms with van der Waals surface area (Å²) in [5.41, 5.74) is 1.44. The molecule has 1 saturated heterocycles. The first-order chi connectivity index (χ1) is 8.27. The van der Waals surface area contributed by atoms with Crippen LogP contribution in [0, 0.1) is 5.41 Å². The zero-order chi connectivity index (χ0) is 11.7. The van der Waals surface area contributed by atoms with E-state index in [1.54, 1.807) is 0 Å². The van der Waals surface area contributed by atoms with Crippen LogP contribution in [0.15, 0.2) is 42.7 Å².